The molecule has 1 aromatic rings. The maximum absolute atomic E-state index is 12.8. The van der Waals surface area contributed by atoms with Crippen LogP contribution in [-0.2, 0) is 6.54 Å². The summed E-state index contributed by atoms with van der Waals surface area (Å²) in [4.78, 5) is 8.89. The van der Waals surface area contributed by atoms with E-state index in [-0.39, 0.29) is 12.8 Å². The highest BCUT2D eigenvalue weighted by Gasteiger charge is 2.43. The zero-order valence-corrected chi connectivity index (χ0v) is 16.0. The van der Waals surface area contributed by atoms with Crippen LogP contribution in [0.5, 0.6) is 0 Å². The molecular weight excluding hydrogens is 353 g/mol. The van der Waals surface area contributed by atoms with Crippen LogP contribution < -0.4 is 5.32 Å². The molecule has 150 valence electrons. The van der Waals surface area contributed by atoms with Crippen molar-refractivity contribution in [1.82, 2.24) is 15.1 Å². The molecule has 2 fully saturated rings. The van der Waals surface area contributed by atoms with Gasteiger partial charge in [-0.05, 0) is 44.3 Å². The second-order valence-electron chi connectivity index (χ2n) is 7.84. The summed E-state index contributed by atoms with van der Waals surface area (Å²) in [7, 11) is 3.93. The highest BCUT2D eigenvalue weighted by atomic mass is 19.4. The van der Waals surface area contributed by atoms with E-state index in [2.05, 4.69) is 27.3 Å². The second-order valence-corrected chi connectivity index (χ2v) is 7.84. The summed E-state index contributed by atoms with van der Waals surface area (Å²) in [6.07, 6.45) is -1.63. The number of hydrogen-bond donors (Lipinski definition) is 1. The summed E-state index contributed by atoms with van der Waals surface area (Å²) in [6.45, 7) is 1.75. The van der Waals surface area contributed by atoms with Gasteiger partial charge in [-0.15, -0.1) is 0 Å². The second kappa shape index (κ2) is 8.50. The van der Waals surface area contributed by atoms with Gasteiger partial charge in [0.1, 0.15) is 0 Å². The summed E-state index contributed by atoms with van der Waals surface area (Å²) in [5, 5.41) is 3.49. The average molecular weight is 382 g/mol. The molecule has 27 heavy (non-hydrogen) atoms. The van der Waals surface area contributed by atoms with Crippen LogP contribution in [0.4, 0.5) is 13.2 Å². The van der Waals surface area contributed by atoms with Gasteiger partial charge in [0.05, 0.1) is 12.5 Å². The molecule has 7 heteroatoms. The van der Waals surface area contributed by atoms with Crippen LogP contribution >= 0.6 is 0 Å². The Bertz CT molecular complexity index is 616. The monoisotopic (exact) mass is 382 g/mol. The van der Waals surface area contributed by atoms with Crippen LogP contribution in [0.1, 0.15) is 31.2 Å². The third-order valence-electron chi connectivity index (χ3n) is 5.63. The number of aliphatic imine (C=N–C) groups is 1. The predicted octanol–water partition coefficient (Wildman–Crippen LogP) is 3.50. The van der Waals surface area contributed by atoms with E-state index in [9.17, 15) is 13.2 Å². The summed E-state index contributed by atoms with van der Waals surface area (Å²) in [6, 6.07) is 10.9. The Morgan fingerprint density at radius 3 is 2.33 bits per heavy atom. The summed E-state index contributed by atoms with van der Waals surface area (Å²) < 4.78 is 38.4. The van der Waals surface area contributed by atoms with E-state index >= 15 is 0 Å². The number of piperidine rings is 1. The summed E-state index contributed by atoms with van der Waals surface area (Å²) in [5.41, 5.74) is 1.16. The molecule has 3 rings (SSSR count). The Labute approximate surface area is 159 Å². The molecular formula is C20H29F3N4. The standard InChI is InChI=1S/C20H29F3N4/c1-26(2)19(24-14-15-6-4-3-5-7-15)25-17-12-18(13-17)27-10-8-16(9-11-27)20(21,22)23/h3-7,16-18H,8-14H2,1-2H3,(H,24,25). The summed E-state index contributed by atoms with van der Waals surface area (Å²) >= 11 is 0. The Morgan fingerprint density at radius 2 is 1.78 bits per heavy atom. The van der Waals surface area contributed by atoms with E-state index in [0.29, 0.717) is 31.7 Å². The van der Waals surface area contributed by atoms with Gasteiger partial charge in [0, 0.05) is 26.2 Å². The number of nitrogens with one attached hydrogen (secondary N) is 1. The molecule has 1 aromatic carbocycles. The van der Waals surface area contributed by atoms with Gasteiger partial charge in [-0.2, -0.15) is 13.2 Å². The lowest BCUT2D eigenvalue weighted by molar-refractivity contribution is -0.187. The number of hydrogen-bond acceptors (Lipinski definition) is 2. The van der Waals surface area contributed by atoms with Crippen LogP contribution in [0.25, 0.3) is 0 Å². The number of halogens is 3. The van der Waals surface area contributed by atoms with Crippen molar-refractivity contribution in [2.75, 3.05) is 27.2 Å². The molecule has 0 spiro atoms. The highest BCUT2D eigenvalue weighted by Crippen LogP contribution is 2.36. The molecule has 0 radical (unpaired) electrons. The molecule has 0 unspecified atom stereocenters. The first-order chi connectivity index (χ1) is 12.8. The van der Waals surface area contributed by atoms with Crippen LogP contribution in [0.2, 0.25) is 0 Å². The predicted molar refractivity (Wildman–Crippen MR) is 102 cm³/mol. The Morgan fingerprint density at radius 1 is 1.15 bits per heavy atom. The molecule has 0 aromatic heterocycles. The molecule has 1 N–H and O–H groups in total. The number of likely N-dealkylation sites (tertiary alicyclic amines) is 1. The van der Waals surface area contributed by atoms with E-state index in [1.807, 2.05) is 37.2 Å². The normalized spacial score (nSPS) is 25.1. The van der Waals surface area contributed by atoms with Crippen LogP contribution in [-0.4, -0.2) is 61.2 Å². The van der Waals surface area contributed by atoms with Gasteiger partial charge in [-0.1, -0.05) is 30.3 Å². The van der Waals surface area contributed by atoms with Gasteiger partial charge in [0.25, 0.3) is 0 Å². The van der Waals surface area contributed by atoms with Crippen LogP contribution in [0.3, 0.4) is 0 Å². The minimum Gasteiger partial charge on any atom is -0.353 e. The lowest BCUT2D eigenvalue weighted by atomic mass is 9.83. The van der Waals surface area contributed by atoms with Crippen molar-refractivity contribution >= 4 is 5.96 Å². The molecule has 1 saturated heterocycles. The van der Waals surface area contributed by atoms with Crippen molar-refractivity contribution in [3.05, 3.63) is 35.9 Å². The first-order valence-corrected chi connectivity index (χ1v) is 9.66. The van der Waals surface area contributed by atoms with Gasteiger partial charge in [-0.3, -0.25) is 0 Å². The zero-order chi connectivity index (χ0) is 19.4. The van der Waals surface area contributed by atoms with Crippen molar-refractivity contribution in [2.45, 2.75) is 50.5 Å². The number of benzene rings is 1. The molecule has 4 nitrogen and oxygen atoms in total. The van der Waals surface area contributed by atoms with Crippen LogP contribution in [0.15, 0.2) is 35.3 Å². The average Bonchev–Trinajstić information content (AvgIpc) is 2.60. The van der Waals surface area contributed by atoms with Gasteiger partial charge in [0.15, 0.2) is 5.96 Å². The largest absolute Gasteiger partial charge is 0.391 e. The fourth-order valence-corrected chi connectivity index (χ4v) is 3.84. The third kappa shape index (κ3) is 5.37. The minimum absolute atomic E-state index is 0.236. The molecule has 1 aliphatic heterocycles. The van der Waals surface area contributed by atoms with Gasteiger partial charge >= 0.3 is 6.18 Å². The molecule has 1 aliphatic carbocycles. The zero-order valence-electron chi connectivity index (χ0n) is 16.0. The lowest BCUT2D eigenvalue weighted by Gasteiger charge is -2.46. The van der Waals surface area contributed by atoms with Crippen LogP contribution in [0, 0.1) is 5.92 Å². The topological polar surface area (TPSA) is 30.9 Å². The Kier molecular flexibility index (Phi) is 6.29. The first kappa shape index (κ1) is 20.0. The quantitative estimate of drug-likeness (QED) is 0.639. The third-order valence-corrected chi connectivity index (χ3v) is 5.63. The van der Waals surface area contributed by atoms with Gasteiger partial charge in [0.2, 0.25) is 0 Å². The van der Waals surface area contributed by atoms with E-state index in [1.165, 1.54) is 0 Å². The molecule has 1 saturated carbocycles. The lowest BCUT2D eigenvalue weighted by Crippen LogP contribution is -2.57. The highest BCUT2D eigenvalue weighted by molar-refractivity contribution is 5.79. The maximum Gasteiger partial charge on any atom is 0.391 e. The smallest absolute Gasteiger partial charge is 0.353 e. The van der Waals surface area contributed by atoms with E-state index < -0.39 is 12.1 Å². The number of alkyl halides is 3. The fraction of sp³-hybridized carbons (Fsp3) is 0.650. The minimum atomic E-state index is -4.04. The maximum atomic E-state index is 12.8. The van der Waals surface area contributed by atoms with Crippen molar-refractivity contribution in [3.63, 3.8) is 0 Å². The van der Waals surface area contributed by atoms with E-state index in [1.54, 1.807) is 0 Å². The first-order valence-electron chi connectivity index (χ1n) is 9.66. The van der Waals surface area contributed by atoms with Gasteiger partial charge < -0.3 is 15.1 Å². The molecule has 0 atom stereocenters. The van der Waals surface area contributed by atoms with E-state index in [0.717, 1.165) is 24.4 Å². The Hall–Kier alpha value is -1.76. The van der Waals surface area contributed by atoms with Crippen molar-refractivity contribution in [2.24, 2.45) is 10.9 Å². The number of nitrogens with zero attached hydrogens (tertiary/aromatic N) is 3. The van der Waals surface area contributed by atoms with Crippen molar-refractivity contribution in [1.29, 1.82) is 0 Å². The molecule has 2 aliphatic rings. The van der Waals surface area contributed by atoms with Crippen molar-refractivity contribution in [3.8, 4) is 0 Å². The molecule has 1 heterocycles. The number of rotatable bonds is 4. The SMILES string of the molecule is CN(C)C(=NCc1ccccc1)NC1CC(N2CCC(C(F)(F)F)CC2)C1. The summed E-state index contributed by atoms with van der Waals surface area (Å²) in [5.74, 6) is -0.258. The number of guanidine groups is 1. The fourth-order valence-electron chi connectivity index (χ4n) is 3.84. The van der Waals surface area contributed by atoms with Gasteiger partial charge in [-0.25, -0.2) is 4.99 Å². The van der Waals surface area contributed by atoms with E-state index in [4.69, 9.17) is 0 Å². The molecule has 0 amide bonds. The van der Waals surface area contributed by atoms with Crippen molar-refractivity contribution < 1.29 is 13.2 Å². The molecule has 0 bridgehead atoms. The Balaban J connectivity index is 1.44.